The number of piperazine rings is 1. The molecule has 0 bridgehead atoms. The standard InChI is InChI=1S/C29H28N4O2S.ClH/c1-31-16-18-32(19-17-31)24-14-15-27-26(20-24)29(30-33(27)21-22-8-3-2-4-9-22)36(34,35)28-13-7-11-23-10-5-6-12-25(23)28;/h2-15,20H,16-19,21H2,1H3;1H. The fourth-order valence-electron chi connectivity index (χ4n) is 5.01. The monoisotopic (exact) mass is 532 g/mol. The topological polar surface area (TPSA) is 58.4 Å². The van der Waals surface area contributed by atoms with E-state index >= 15 is 0 Å². The molecule has 0 N–H and O–H groups in total. The first-order chi connectivity index (χ1) is 17.5. The third-order valence-electron chi connectivity index (χ3n) is 7.04. The van der Waals surface area contributed by atoms with Gasteiger partial charge in [-0.2, -0.15) is 5.10 Å². The number of benzene rings is 4. The maximum Gasteiger partial charge on any atom is 0.226 e. The van der Waals surface area contributed by atoms with Gasteiger partial charge in [-0.05, 0) is 42.3 Å². The van der Waals surface area contributed by atoms with Crippen LogP contribution in [0.5, 0.6) is 0 Å². The molecule has 4 aromatic carbocycles. The number of hydrogen-bond acceptors (Lipinski definition) is 5. The molecule has 6 nitrogen and oxygen atoms in total. The third-order valence-corrected chi connectivity index (χ3v) is 8.78. The maximum absolute atomic E-state index is 14.2. The Bertz CT molecular complexity index is 1650. The summed E-state index contributed by atoms with van der Waals surface area (Å²) in [6, 6.07) is 29.1. The van der Waals surface area contributed by atoms with E-state index in [0.29, 0.717) is 17.3 Å². The van der Waals surface area contributed by atoms with Gasteiger partial charge >= 0.3 is 0 Å². The van der Waals surface area contributed by atoms with Gasteiger partial charge in [0.2, 0.25) is 9.84 Å². The molecule has 6 rings (SSSR count). The SMILES string of the molecule is CN1CCN(c2ccc3c(c2)c(S(=O)(=O)c2cccc4ccccc24)nn3Cc2ccccc2)CC1.Cl. The smallest absolute Gasteiger partial charge is 0.226 e. The number of fused-ring (bicyclic) bond motifs is 2. The molecule has 0 saturated carbocycles. The van der Waals surface area contributed by atoms with Crippen molar-refractivity contribution in [3.63, 3.8) is 0 Å². The van der Waals surface area contributed by atoms with Crippen LogP contribution in [0.1, 0.15) is 5.56 Å². The minimum atomic E-state index is -3.88. The molecule has 190 valence electrons. The van der Waals surface area contributed by atoms with Crippen molar-refractivity contribution in [2.24, 2.45) is 0 Å². The summed E-state index contributed by atoms with van der Waals surface area (Å²) in [5, 5.41) is 7.12. The summed E-state index contributed by atoms with van der Waals surface area (Å²) in [5.41, 5.74) is 2.92. The van der Waals surface area contributed by atoms with Gasteiger partial charge < -0.3 is 9.80 Å². The molecular weight excluding hydrogens is 504 g/mol. The largest absolute Gasteiger partial charge is 0.369 e. The molecule has 0 aliphatic carbocycles. The first-order valence-corrected chi connectivity index (χ1v) is 13.7. The molecule has 1 aliphatic heterocycles. The van der Waals surface area contributed by atoms with Crippen LogP contribution in [0, 0.1) is 0 Å². The van der Waals surface area contributed by atoms with Crippen LogP contribution in [0.25, 0.3) is 21.7 Å². The first kappa shape index (κ1) is 25.3. The van der Waals surface area contributed by atoms with Crippen LogP contribution in [-0.2, 0) is 16.4 Å². The molecule has 0 radical (unpaired) electrons. The Balaban J connectivity index is 0.00000280. The molecule has 37 heavy (non-hydrogen) atoms. The van der Waals surface area contributed by atoms with Crippen molar-refractivity contribution in [3.8, 4) is 0 Å². The minimum Gasteiger partial charge on any atom is -0.369 e. The Kier molecular flexibility index (Phi) is 6.94. The molecular formula is C29H29ClN4O2S. The lowest BCUT2D eigenvalue weighted by Crippen LogP contribution is -2.44. The Morgan fingerprint density at radius 3 is 2.27 bits per heavy atom. The van der Waals surface area contributed by atoms with Crippen LogP contribution in [-0.4, -0.2) is 56.3 Å². The first-order valence-electron chi connectivity index (χ1n) is 12.2. The molecule has 5 aromatic rings. The van der Waals surface area contributed by atoms with Crippen molar-refractivity contribution < 1.29 is 8.42 Å². The zero-order valence-electron chi connectivity index (χ0n) is 20.6. The lowest BCUT2D eigenvalue weighted by atomic mass is 10.1. The highest BCUT2D eigenvalue weighted by Gasteiger charge is 2.28. The van der Waals surface area contributed by atoms with Gasteiger partial charge in [0.25, 0.3) is 0 Å². The maximum atomic E-state index is 14.2. The molecule has 0 amide bonds. The second-order valence-corrected chi connectivity index (χ2v) is 11.3. The summed E-state index contributed by atoms with van der Waals surface area (Å²) in [6.45, 7) is 4.27. The van der Waals surface area contributed by atoms with E-state index in [1.54, 1.807) is 12.1 Å². The van der Waals surface area contributed by atoms with Crippen LogP contribution < -0.4 is 4.90 Å². The number of aromatic nitrogens is 2. The summed E-state index contributed by atoms with van der Waals surface area (Å²) in [4.78, 5) is 4.92. The number of hydrogen-bond donors (Lipinski definition) is 0. The van der Waals surface area contributed by atoms with Gasteiger partial charge in [-0.1, -0.05) is 66.7 Å². The average Bonchev–Trinajstić information content (AvgIpc) is 3.27. The number of sulfone groups is 1. The van der Waals surface area contributed by atoms with E-state index in [4.69, 9.17) is 5.10 Å². The summed E-state index contributed by atoms with van der Waals surface area (Å²) in [5.74, 6) is 0. The van der Waals surface area contributed by atoms with E-state index in [0.717, 1.165) is 48.3 Å². The normalized spacial score (nSPS) is 14.7. The molecule has 1 aromatic heterocycles. The van der Waals surface area contributed by atoms with Gasteiger partial charge in [-0.15, -0.1) is 12.4 Å². The Labute approximate surface area is 223 Å². The van der Waals surface area contributed by atoms with Crippen molar-refractivity contribution in [2.75, 3.05) is 38.1 Å². The highest BCUT2D eigenvalue weighted by molar-refractivity contribution is 7.91. The van der Waals surface area contributed by atoms with E-state index in [9.17, 15) is 8.42 Å². The molecule has 1 saturated heterocycles. The second-order valence-electron chi connectivity index (χ2n) is 9.42. The summed E-state index contributed by atoms with van der Waals surface area (Å²) >= 11 is 0. The highest BCUT2D eigenvalue weighted by atomic mass is 35.5. The Morgan fingerprint density at radius 1 is 0.784 bits per heavy atom. The Morgan fingerprint density at radius 2 is 1.49 bits per heavy atom. The molecule has 8 heteroatoms. The van der Waals surface area contributed by atoms with Gasteiger partial charge in [0, 0.05) is 42.6 Å². The zero-order chi connectivity index (χ0) is 24.7. The van der Waals surface area contributed by atoms with Crippen LogP contribution in [0.15, 0.2) is 101 Å². The van der Waals surface area contributed by atoms with Crippen LogP contribution >= 0.6 is 12.4 Å². The molecule has 0 unspecified atom stereocenters. The number of anilines is 1. The van der Waals surface area contributed by atoms with Crippen molar-refractivity contribution in [3.05, 3.63) is 96.6 Å². The van der Waals surface area contributed by atoms with E-state index in [1.807, 2.05) is 77.5 Å². The summed E-state index contributed by atoms with van der Waals surface area (Å²) < 4.78 is 30.1. The van der Waals surface area contributed by atoms with Gasteiger partial charge in [0.1, 0.15) is 0 Å². The zero-order valence-corrected chi connectivity index (χ0v) is 22.3. The van der Waals surface area contributed by atoms with Crippen LogP contribution in [0.4, 0.5) is 5.69 Å². The molecule has 0 spiro atoms. The molecule has 1 fully saturated rings. The van der Waals surface area contributed by atoms with E-state index in [1.165, 1.54) is 0 Å². The lowest BCUT2D eigenvalue weighted by molar-refractivity contribution is 0.313. The fourth-order valence-corrected chi connectivity index (χ4v) is 6.61. The van der Waals surface area contributed by atoms with E-state index < -0.39 is 9.84 Å². The quantitative estimate of drug-likeness (QED) is 0.310. The van der Waals surface area contributed by atoms with Crippen LogP contribution in [0.3, 0.4) is 0 Å². The fraction of sp³-hybridized carbons (Fsp3) is 0.207. The lowest BCUT2D eigenvalue weighted by Gasteiger charge is -2.34. The highest BCUT2D eigenvalue weighted by Crippen LogP contribution is 2.34. The molecule has 1 aliphatic rings. The second kappa shape index (κ2) is 10.2. The number of rotatable bonds is 5. The number of halogens is 1. The number of nitrogens with zero attached hydrogens (tertiary/aromatic N) is 4. The number of likely N-dealkylation sites (N-methyl/N-ethyl adjacent to an activating group) is 1. The molecule has 0 atom stereocenters. The van der Waals surface area contributed by atoms with E-state index in [-0.39, 0.29) is 22.3 Å². The van der Waals surface area contributed by atoms with Crippen molar-refractivity contribution >= 4 is 49.6 Å². The average molecular weight is 533 g/mol. The Hall–Kier alpha value is -3.39. The van der Waals surface area contributed by atoms with Crippen molar-refractivity contribution in [1.82, 2.24) is 14.7 Å². The third kappa shape index (κ3) is 4.70. The predicted octanol–water partition coefficient (Wildman–Crippen LogP) is 5.24. The van der Waals surface area contributed by atoms with Crippen LogP contribution in [0.2, 0.25) is 0 Å². The summed E-state index contributed by atoms with van der Waals surface area (Å²) in [6.07, 6.45) is 0. The van der Waals surface area contributed by atoms with Gasteiger partial charge in [0.15, 0.2) is 5.03 Å². The van der Waals surface area contributed by atoms with E-state index in [2.05, 4.69) is 22.9 Å². The van der Waals surface area contributed by atoms with Crippen molar-refractivity contribution in [1.29, 1.82) is 0 Å². The minimum absolute atomic E-state index is 0. The molecule has 2 heterocycles. The van der Waals surface area contributed by atoms with Gasteiger partial charge in [-0.25, -0.2) is 8.42 Å². The summed E-state index contributed by atoms with van der Waals surface area (Å²) in [7, 11) is -1.75. The van der Waals surface area contributed by atoms with Gasteiger partial charge in [-0.3, -0.25) is 4.68 Å². The van der Waals surface area contributed by atoms with Crippen molar-refractivity contribution in [2.45, 2.75) is 16.5 Å². The van der Waals surface area contributed by atoms with Gasteiger partial charge in [0.05, 0.1) is 17.0 Å². The predicted molar refractivity (Wildman–Crippen MR) is 152 cm³/mol.